The zero-order valence-corrected chi connectivity index (χ0v) is 10.9. The SMILES string of the molecule is CCCCCC(=O)CC(=O)C=Cc1ccccc1. The number of allylic oxidation sites excluding steroid dienone is 1. The van der Waals surface area contributed by atoms with E-state index in [1.165, 1.54) is 6.08 Å². The van der Waals surface area contributed by atoms with E-state index in [9.17, 15) is 9.59 Å². The molecular formula is C16H20O2. The summed E-state index contributed by atoms with van der Waals surface area (Å²) in [5, 5.41) is 0. The van der Waals surface area contributed by atoms with E-state index in [4.69, 9.17) is 0 Å². The zero-order chi connectivity index (χ0) is 13.2. The van der Waals surface area contributed by atoms with Crippen molar-refractivity contribution in [3.8, 4) is 0 Å². The van der Waals surface area contributed by atoms with Crippen molar-refractivity contribution in [1.29, 1.82) is 0 Å². The van der Waals surface area contributed by atoms with E-state index >= 15 is 0 Å². The maximum Gasteiger partial charge on any atom is 0.163 e. The van der Waals surface area contributed by atoms with Crippen LogP contribution < -0.4 is 0 Å². The molecule has 2 heteroatoms. The molecule has 0 amide bonds. The molecule has 0 bridgehead atoms. The second kappa shape index (κ2) is 8.40. The number of carbonyl (C=O) groups excluding carboxylic acids is 2. The van der Waals surface area contributed by atoms with Crippen molar-refractivity contribution >= 4 is 17.6 Å². The second-order valence-corrected chi connectivity index (χ2v) is 4.38. The first-order chi connectivity index (χ1) is 8.72. The van der Waals surface area contributed by atoms with Gasteiger partial charge in [-0.25, -0.2) is 0 Å². The van der Waals surface area contributed by atoms with E-state index in [0.29, 0.717) is 6.42 Å². The van der Waals surface area contributed by atoms with Gasteiger partial charge < -0.3 is 0 Å². The number of hydrogen-bond acceptors (Lipinski definition) is 2. The first-order valence-electron chi connectivity index (χ1n) is 6.50. The van der Waals surface area contributed by atoms with Crippen molar-refractivity contribution in [2.24, 2.45) is 0 Å². The van der Waals surface area contributed by atoms with Gasteiger partial charge in [0.25, 0.3) is 0 Å². The smallest absolute Gasteiger partial charge is 0.163 e. The fourth-order valence-corrected chi connectivity index (χ4v) is 1.67. The minimum Gasteiger partial charge on any atom is -0.299 e. The van der Waals surface area contributed by atoms with Gasteiger partial charge in [0, 0.05) is 6.42 Å². The highest BCUT2D eigenvalue weighted by molar-refractivity contribution is 6.06. The topological polar surface area (TPSA) is 34.1 Å². The number of rotatable bonds is 8. The van der Waals surface area contributed by atoms with Crippen LogP contribution >= 0.6 is 0 Å². The largest absolute Gasteiger partial charge is 0.299 e. The lowest BCUT2D eigenvalue weighted by Gasteiger charge is -1.97. The number of Topliss-reactive ketones (excluding diaryl/α,β-unsaturated/α-hetero) is 1. The molecule has 96 valence electrons. The molecule has 0 fully saturated rings. The average molecular weight is 244 g/mol. The van der Waals surface area contributed by atoms with E-state index in [2.05, 4.69) is 6.92 Å². The maximum atomic E-state index is 11.6. The summed E-state index contributed by atoms with van der Waals surface area (Å²) in [4.78, 5) is 23.0. The molecule has 0 aromatic heterocycles. The van der Waals surface area contributed by atoms with Crippen LogP contribution in [0.2, 0.25) is 0 Å². The predicted octanol–water partition coefficient (Wildman–Crippen LogP) is 3.81. The van der Waals surface area contributed by atoms with Gasteiger partial charge >= 0.3 is 0 Å². The van der Waals surface area contributed by atoms with Crippen molar-refractivity contribution in [2.45, 2.75) is 39.0 Å². The Bertz CT molecular complexity index is 404. The van der Waals surface area contributed by atoms with Gasteiger partial charge in [-0.05, 0) is 18.1 Å². The minimum atomic E-state index is -0.111. The molecule has 0 heterocycles. The number of ketones is 2. The monoisotopic (exact) mass is 244 g/mol. The molecule has 18 heavy (non-hydrogen) atoms. The van der Waals surface area contributed by atoms with Crippen molar-refractivity contribution in [3.63, 3.8) is 0 Å². The van der Waals surface area contributed by atoms with Crippen LogP contribution in [0.4, 0.5) is 0 Å². The fraction of sp³-hybridized carbons (Fsp3) is 0.375. The van der Waals surface area contributed by atoms with Gasteiger partial charge in [-0.15, -0.1) is 0 Å². The molecule has 0 atom stereocenters. The lowest BCUT2D eigenvalue weighted by Crippen LogP contribution is -2.04. The van der Waals surface area contributed by atoms with Crippen LogP contribution in [0.3, 0.4) is 0 Å². The first-order valence-corrected chi connectivity index (χ1v) is 6.50. The summed E-state index contributed by atoms with van der Waals surface area (Å²) >= 11 is 0. The van der Waals surface area contributed by atoms with Gasteiger partial charge in [0.1, 0.15) is 5.78 Å². The van der Waals surface area contributed by atoms with Crippen LogP contribution in [-0.2, 0) is 9.59 Å². The van der Waals surface area contributed by atoms with Gasteiger partial charge in [-0.1, -0.05) is 56.2 Å². The summed E-state index contributed by atoms with van der Waals surface area (Å²) in [6.07, 6.45) is 6.85. The van der Waals surface area contributed by atoms with Gasteiger partial charge in [0.15, 0.2) is 5.78 Å². The van der Waals surface area contributed by atoms with Crippen LogP contribution in [0.1, 0.15) is 44.6 Å². The molecule has 2 nitrogen and oxygen atoms in total. The van der Waals surface area contributed by atoms with Crippen LogP contribution in [0.15, 0.2) is 36.4 Å². The Morgan fingerprint density at radius 1 is 1.11 bits per heavy atom. The number of carbonyl (C=O) groups is 2. The van der Waals surface area contributed by atoms with Crippen LogP contribution in [0, 0.1) is 0 Å². The molecule has 0 saturated heterocycles. The molecule has 0 aliphatic rings. The summed E-state index contributed by atoms with van der Waals surface area (Å²) in [5.41, 5.74) is 0.976. The van der Waals surface area contributed by atoms with Crippen molar-refractivity contribution < 1.29 is 9.59 Å². The molecule has 1 rings (SSSR count). The van der Waals surface area contributed by atoms with E-state index in [1.807, 2.05) is 30.3 Å². The van der Waals surface area contributed by atoms with Crippen LogP contribution in [0.25, 0.3) is 6.08 Å². The highest BCUT2D eigenvalue weighted by Crippen LogP contribution is 2.05. The molecule has 1 aromatic rings. The lowest BCUT2D eigenvalue weighted by molar-refractivity contribution is -0.124. The van der Waals surface area contributed by atoms with Crippen molar-refractivity contribution in [3.05, 3.63) is 42.0 Å². The number of benzene rings is 1. The van der Waals surface area contributed by atoms with E-state index in [-0.39, 0.29) is 18.0 Å². The van der Waals surface area contributed by atoms with Gasteiger partial charge in [-0.3, -0.25) is 9.59 Å². The Morgan fingerprint density at radius 3 is 2.50 bits per heavy atom. The summed E-state index contributed by atoms with van der Waals surface area (Å²) in [6.45, 7) is 2.10. The fourth-order valence-electron chi connectivity index (χ4n) is 1.67. The molecular weight excluding hydrogens is 224 g/mol. The second-order valence-electron chi connectivity index (χ2n) is 4.38. The summed E-state index contributed by atoms with van der Waals surface area (Å²) < 4.78 is 0. The molecule has 0 N–H and O–H groups in total. The quantitative estimate of drug-likeness (QED) is 0.396. The third-order valence-electron chi connectivity index (χ3n) is 2.69. The Balaban J connectivity index is 2.33. The van der Waals surface area contributed by atoms with Crippen molar-refractivity contribution in [1.82, 2.24) is 0 Å². The predicted molar refractivity (Wildman–Crippen MR) is 74.2 cm³/mol. The van der Waals surface area contributed by atoms with Gasteiger partial charge in [0.2, 0.25) is 0 Å². The Morgan fingerprint density at radius 2 is 1.83 bits per heavy atom. The zero-order valence-electron chi connectivity index (χ0n) is 10.9. The molecule has 0 aliphatic carbocycles. The Kier molecular flexibility index (Phi) is 6.70. The Labute approximate surface area is 109 Å². The van der Waals surface area contributed by atoms with Gasteiger partial charge in [-0.2, -0.15) is 0 Å². The first kappa shape index (κ1) is 14.4. The third-order valence-corrected chi connectivity index (χ3v) is 2.69. The van der Waals surface area contributed by atoms with E-state index in [0.717, 1.165) is 24.8 Å². The molecule has 0 saturated carbocycles. The highest BCUT2D eigenvalue weighted by Gasteiger charge is 2.06. The average Bonchev–Trinajstić information content (AvgIpc) is 2.38. The maximum absolute atomic E-state index is 11.6. The Hall–Kier alpha value is -1.70. The molecule has 1 aromatic carbocycles. The summed E-state index contributed by atoms with van der Waals surface area (Å²) in [6, 6.07) is 9.61. The standard InChI is InChI=1S/C16H20O2/c1-2-3-5-10-15(17)13-16(18)12-11-14-8-6-4-7-9-14/h4,6-9,11-12H,2-3,5,10,13H2,1H3. The summed E-state index contributed by atoms with van der Waals surface area (Å²) in [7, 11) is 0. The number of unbranched alkanes of at least 4 members (excludes halogenated alkanes) is 2. The molecule has 0 spiro atoms. The highest BCUT2D eigenvalue weighted by atomic mass is 16.1. The molecule has 0 unspecified atom stereocenters. The van der Waals surface area contributed by atoms with Crippen LogP contribution in [0.5, 0.6) is 0 Å². The van der Waals surface area contributed by atoms with Crippen molar-refractivity contribution in [2.75, 3.05) is 0 Å². The molecule has 0 aliphatic heterocycles. The summed E-state index contributed by atoms with van der Waals surface area (Å²) in [5.74, 6) is -0.0634. The van der Waals surface area contributed by atoms with E-state index < -0.39 is 0 Å². The third kappa shape index (κ3) is 6.14. The van der Waals surface area contributed by atoms with Gasteiger partial charge in [0.05, 0.1) is 6.42 Å². The molecule has 0 radical (unpaired) electrons. The normalized spacial score (nSPS) is 10.7. The lowest BCUT2D eigenvalue weighted by atomic mass is 10.1. The van der Waals surface area contributed by atoms with Crippen LogP contribution in [-0.4, -0.2) is 11.6 Å². The minimum absolute atomic E-state index is 0.0348. The van der Waals surface area contributed by atoms with E-state index in [1.54, 1.807) is 6.08 Å². The number of hydrogen-bond donors (Lipinski definition) is 0.